The summed E-state index contributed by atoms with van der Waals surface area (Å²) in [6.07, 6.45) is 0.591. The second-order valence-corrected chi connectivity index (χ2v) is 2.89. The van der Waals surface area contributed by atoms with Crippen LogP contribution in [0.3, 0.4) is 0 Å². The van der Waals surface area contributed by atoms with Crippen LogP contribution in [0.15, 0.2) is 24.3 Å². The molecule has 0 saturated heterocycles. The number of nitrogens with zero attached hydrogens (tertiary/aromatic N) is 1. The van der Waals surface area contributed by atoms with E-state index in [-0.39, 0.29) is 11.7 Å². The summed E-state index contributed by atoms with van der Waals surface area (Å²) < 4.78 is 12.5. The molecule has 0 fully saturated rings. The van der Waals surface area contributed by atoms with Gasteiger partial charge in [-0.25, -0.2) is 4.39 Å². The number of benzene rings is 1. The van der Waals surface area contributed by atoms with Crippen LogP contribution in [-0.2, 0) is 6.42 Å². The van der Waals surface area contributed by atoms with E-state index in [1.807, 2.05) is 0 Å². The van der Waals surface area contributed by atoms with Gasteiger partial charge in [-0.2, -0.15) is 5.26 Å². The quantitative estimate of drug-likeness (QED) is 0.761. The van der Waals surface area contributed by atoms with E-state index in [1.165, 1.54) is 12.1 Å². The molecule has 0 aliphatic rings. The number of hydrogen-bond donors (Lipinski definition) is 1. The van der Waals surface area contributed by atoms with Crippen LogP contribution >= 0.6 is 0 Å². The first-order valence-electron chi connectivity index (χ1n) is 4.10. The number of rotatable bonds is 3. The van der Waals surface area contributed by atoms with Gasteiger partial charge in [0.15, 0.2) is 0 Å². The second-order valence-electron chi connectivity index (χ2n) is 2.89. The lowest BCUT2D eigenvalue weighted by Crippen LogP contribution is -2.14. The first-order chi connectivity index (χ1) is 6.26. The van der Waals surface area contributed by atoms with Crippen molar-refractivity contribution in [2.24, 2.45) is 11.7 Å². The third-order valence-corrected chi connectivity index (χ3v) is 1.86. The van der Waals surface area contributed by atoms with Gasteiger partial charge in [0.05, 0.1) is 12.0 Å². The van der Waals surface area contributed by atoms with Crippen molar-refractivity contribution in [2.75, 3.05) is 6.54 Å². The molecule has 0 heterocycles. The zero-order chi connectivity index (χ0) is 9.68. The van der Waals surface area contributed by atoms with Crippen molar-refractivity contribution in [2.45, 2.75) is 6.42 Å². The third kappa shape index (κ3) is 2.85. The van der Waals surface area contributed by atoms with Gasteiger partial charge in [-0.05, 0) is 24.1 Å². The minimum atomic E-state index is -0.259. The van der Waals surface area contributed by atoms with E-state index in [1.54, 1.807) is 12.1 Å². The van der Waals surface area contributed by atoms with Gasteiger partial charge in [0.1, 0.15) is 5.82 Å². The lowest BCUT2D eigenvalue weighted by atomic mass is 10.0. The van der Waals surface area contributed by atoms with Gasteiger partial charge in [0, 0.05) is 6.54 Å². The average Bonchev–Trinajstić information content (AvgIpc) is 2.17. The van der Waals surface area contributed by atoms with Crippen LogP contribution in [-0.4, -0.2) is 6.54 Å². The molecule has 13 heavy (non-hydrogen) atoms. The lowest BCUT2D eigenvalue weighted by Gasteiger charge is -2.04. The van der Waals surface area contributed by atoms with E-state index in [0.717, 1.165) is 5.56 Å². The SMILES string of the molecule is N#CC(CN)Cc1ccc(F)cc1. The van der Waals surface area contributed by atoms with E-state index >= 15 is 0 Å². The van der Waals surface area contributed by atoms with Gasteiger partial charge < -0.3 is 5.73 Å². The normalized spacial score (nSPS) is 12.1. The number of halogens is 1. The van der Waals surface area contributed by atoms with E-state index in [4.69, 9.17) is 11.0 Å². The summed E-state index contributed by atoms with van der Waals surface area (Å²) in [4.78, 5) is 0. The highest BCUT2D eigenvalue weighted by Gasteiger charge is 2.05. The number of hydrogen-bond acceptors (Lipinski definition) is 2. The van der Waals surface area contributed by atoms with Gasteiger partial charge >= 0.3 is 0 Å². The van der Waals surface area contributed by atoms with Crippen LogP contribution < -0.4 is 5.73 Å². The van der Waals surface area contributed by atoms with Gasteiger partial charge in [0.25, 0.3) is 0 Å². The summed E-state index contributed by atoms with van der Waals surface area (Å²) in [6.45, 7) is 0.341. The molecular formula is C10H11FN2. The highest BCUT2D eigenvalue weighted by atomic mass is 19.1. The van der Waals surface area contributed by atoms with Crippen molar-refractivity contribution in [3.8, 4) is 6.07 Å². The first kappa shape index (κ1) is 9.69. The zero-order valence-electron chi connectivity index (χ0n) is 7.20. The second kappa shape index (κ2) is 4.58. The predicted molar refractivity (Wildman–Crippen MR) is 48.3 cm³/mol. The molecule has 0 aliphatic heterocycles. The van der Waals surface area contributed by atoms with E-state index in [0.29, 0.717) is 13.0 Å². The van der Waals surface area contributed by atoms with Gasteiger partial charge in [-0.1, -0.05) is 12.1 Å². The van der Waals surface area contributed by atoms with Crippen LogP contribution in [0.4, 0.5) is 4.39 Å². The minimum Gasteiger partial charge on any atom is -0.329 e. The zero-order valence-corrected chi connectivity index (χ0v) is 7.20. The van der Waals surface area contributed by atoms with Crippen molar-refractivity contribution >= 4 is 0 Å². The summed E-state index contributed by atoms with van der Waals surface area (Å²) >= 11 is 0. The summed E-state index contributed by atoms with van der Waals surface area (Å²) in [5, 5.41) is 8.64. The minimum absolute atomic E-state index is 0.175. The molecule has 0 bridgehead atoms. The van der Waals surface area contributed by atoms with Crippen molar-refractivity contribution in [3.63, 3.8) is 0 Å². The summed E-state index contributed by atoms with van der Waals surface area (Å²) in [5.41, 5.74) is 6.31. The summed E-state index contributed by atoms with van der Waals surface area (Å²) in [5.74, 6) is -0.435. The molecule has 0 radical (unpaired) electrons. The lowest BCUT2D eigenvalue weighted by molar-refractivity contribution is 0.624. The first-order valence-corrected chi connectivity index (χ1v) is 4.10. The molecule has 1 unspecified atom stereocenters. The van der Waals surface area contributed by atoms with Crippen molar-refractivity contribution in [1.29, 1.82) is 5.26 Å². The average molecular weight is 178 g/mol. The van der Waals surface area contributed by atoms with Crippen molar-refractivity contribution in [3.05, 3.63) is 35.6 Å². The fourth-order valence-corrected chi connectivity index (χ4v) is 1.09. The Morgan fingerprint density at radius 2 is 2.00 bits per heavy atom. The van der Waals surface area contributed by atoms with E-state index < -0.39 is 0 Å². The van der Waals surface area contributed by atoms with E-state index in [2.05, 4.69) is 6.07 Å². The molecular weight excluding hydrogens is 167 g/mol. The van der Waals surface area contributed by atoms with Crippen molar-refractivity contribution in [1.82, 2.24) is 0 Å². The Kier molecular flexibility index (Phi) is 3.41. The smallest absolute Gasteiger partial charge is 0.123 e. The molecule has 0 aromatic heterocycles. The van der Waals surface area contributed by atoms with Crippen LogP contribution in [0.5, 0.6) is 0 Å². The molecule has 2 N–H and O–H groups in total. The Morgan fingerprint density at radius 3 is 2.46 bits per heavy atom. The highest BCUT2D eigenvalue weighted by molar-refractivity contribution is 5.17. The molecule has 0 spiro atoms. The maximum absolute atomic E-state index is 12.5. The van der Waals surface area contributed by atoms with E-state index in [9.17, 15) is 4.39 Å². The van der Waals surface area contributed by atoms with Gasteiger partial charge in [-0.15, -0.1) is 0 Å². The maximum atomic E-state index is 12.5. The molecule has 68 valence electrons. The van der Waals surface area contributed by atoms with Crippen LogP contribution in [0.25, 0.3) is 0 Å². The van der Waals surface area contributed by atoms with Crippen LogP contribution in [0, 0.1) is 23.1 Å². The predicted octanol–water partition coefficient (Wildman–Crippen LogP) is 1.47. The van der Waals surface area contributed by atoms with Crippen LogP contribution in [0.2, 0.25) is 0 Å². The number of nitriles is 1. The standard InChI is InChI=1S/C10H11FN2/c11-10-3-1-8(2-4-10)5-9(6-12)7-13/h1-4,9H,5-6,12H2. The Labute approximate surface area is 76.8 Å². The summed E-state index contributed by atoms with van der Waals surface area (Å²) in [6, 6.07) is 8.23. The molecule has 1 aromatic carbocycles. The highest BCUT2D eigenvalue weighted by Crippen LogP contribution is 2.08. The Hall–Kier alpha value is -1.40. The molecule has 1 atom stereocenters. The fraction of sp³-hybridized carbons (Fsp3) is 0.300. The van der Waals surface area contributed by atoms with Gasteiger partial charge in [0.2, 0.25) is 0 Å². The summed E-state index contributed by atoms with van der Waals surface area (Å²) in [7, 11) is 0. The monoisotopic (exact) mass is 178 g/mol. The largest absolute Gasteiger partial charge is 0.329 e. The van der Waals surface area contributed by atoms with Gasteiger partial charge in [-0.3, -0.25) is 0 Å². The Morgan fingerprint density at radius 1 is 1.38 bits per heavy atom. The third-order valence-electron chi connectivity index (χ3n) is 1.86. The molecule has 3 heteroatoms. The van der Waals surface area contributed by atoms with Crippen LogP contribution in [0.1, 0.15) is 5.56 Å². The molecule has 0 aliphatic carbocycles. The molecule has 1 rings (SSSR count). The molecule has 2 nitrogen and oxygen atoms in total. The van der Waals surface area contributed by atoms with Crippen molar-refractivity contribution < 1.29 is 4.39 Å². The molecule has 1 aromatic rings. The molecule has 0 amide bonds. The Bertz CT molecular complexity index is 300. The Balaban J connectivity index is 2.64. The molecule has 0 saturated carbocycles. The fourth-order valence-electron chi connectivity index (χ4n) is 1.09. The topological polar surface area (TPSA) is 49.8 Å². The maximum Gasteiger partial charge on any atom is 0.123 e. The number of nitrogens with two attached hydrogens (primary N) is 1.